The van der Waals surface area contributed by atoms with Gasteiger partial charge in [-0.1, -0.05) is 6.07 Å². The topological polar surface area (TPSA) is 100.0 Å². The van der Waals surface area contributed by atoms with Crippen molar-refractivity contribution in [1.82, 2.24) is 19.6 Å². The predicted octanol–water partition coefficient (Wildman–Crippen LogP) is 4.39. The number of benzene rings is 2. The van der Waals surface area contributed by atoms with Gasteiger partial charge in [-0.3, -0.25) is 9.20 Å². The summed E-state index contributed by atoms with van der Waals surface area (Å²) in [6.45, 7) is 0. The highest BCUT2D eigenvalue weighted by Gasteiger charge is 2.19. The fraction of sp³-hybridized carbons (Fsp3) is 0.160. The predicted molar refractivity (Wildman–Crippen MR) is 127 cm³/mol. The Labute approximate surface area is 194 Å². The number of hydrogen-bond acceptors (Lipinski definition) is 7. The van der Waals surface area contributed by atoms with E-state index in [1.807, 2.05) is 47.0 Å². The molecule has 0 saturated heterocycles. The molecule has 5 rings (SSSR count). The van der Waals surface area contributed by atoms with E-state index in [1.54, 1.807) is 34.6 Å². The Balaban J connectivity index is 1.73. The third-order valence-electron chi connectivity index (χ3n) is 5.79. The number of aromatic nitrogens is 4. The lowest BCUT2D eigenvalue weighted by Crippen LogP contribution is -1.98. The summed E-state index contributed by atoms with van der Waals surface area (Å²) in [5.41, 5.74) is 4.57. The highest BCUT2D eigenvalue weighted by molar-refractivity contribution is 5.99. The van der Waals surface area contributed by atoms with Crippen molar-refractivity contribution in [1.29, 1.82) is 0 Å². The third kappa shape index (κ3) is 3.29. The van der Waals surface area contributed by atoms with Crippen LogP contribution >= 0.6 is 0 Å². The maximum atomic E-state index is 11.4. The molecule has 0 bridgehead atoms. The minimum Gasteiger partial charge on any atom is -0.493 e. The molecule has 3 aromatic heterocycles. The largest absolute Gasteiger partial charge is 0.493 e. The van der Waals surface area contributed by atoms with Crippen molar-refractivity contribution in [2.45, 2.75) is 0 Å². The van der Waals surface area contributed by atoms with E-state index in [9.17, 15) is 4.79 Å². The van der Waals surface area contributed by atoms with Crippen LogP contribution in [0.25, 0.3) is 39.1 Å². The van der Waals surface area contributed by atoms with Gasteiger partial charge in [0.25, 0.3) is 0 Å². The van der Waals surface area contributed by atoms with Gasteiger partial charge in [0, 0.05) is 40.0 Å². The van der Waals surface area contributed by atoms with E-state index >= 15 is 0 Å². The average Bonchev–Trinajstić information content (AvgIpc) is 3.50. The molecule has 0 aliphatic rings. The quantitative estimate of drug-likeness (QED) is 0.361. The molecule has 5 aromatic rings. The third-order valence-corrected chi connectivity index (χ3v) is 5.79. The molecule has 0 fully saturated rings. The number of ether oxygens (including phenoxy) is 4. The number of hydrogen-bond donors (Lipinski definition) is 1. The number of aldehydes is 1. The molecule has 0 aliphatic carbocycles. The molecule has 172 valence electrons. The van der Waals surface area contributed by atoms with Crippen LogP contribution in [0.2, 0.25) is 0 Å². The molecule has 0 unspecified atom stereocenters. The SMILES string of the molecule is COc1cc(-c2nnc3c(OC)cc(-c4ccc5[nH]cc(C=O)c5c4)cn23)cc(OC)c1OC. The number of nitrogens with zero attached hydrogens (tertiary/aromatic N) is 3. The molecule has 0 radical (unpaired) electrons. The molecular weight excluding hydrogens is 436 g/mol. The van der Waals surface area contributed by atoms with Crippen molar-refractivity contribution in [3.05, 3.63) is 54.4 Å². The van der Waals surface area contributed by atoms with Crippen LogP contribution in [0.1, 0.15) is 10.4 Å². The number of H-pyrrole nitrogens is 1. The van der Waals surface area contributed by atoms with Crippen molar-refractivity contribution >= 4 is 22.8 Å². The van der Waals surface area contributed by atoms with Gasteiger partial charge in [0.1, 0.15) is 0 Å². The Kier molecular flexibility index (Phi) is 5.29. The summed E-state index contributed by atoms with van der Waals surface area (Å²) in [5.74, 6) is 2.65. The number of nitrogens with one attached hydrogen (secondary N) is 1. The van der Waals surface area contributed by atoms with Gasteiger partial charge in [0.15, 0.2) is 29.4 Å². The highest BCUT2D eigenvalue weighted by atomic mass is 16.5. The lowest BCUT2D eigenvalue weighted by Gasteiger charge is -2.14. The van der Waals surface area contributed by atoms with Gasteiger partial charge in [-0.25, -0.2) is 0 Å². The second kappa shape index (κ2) is 8.43. The van der Waals surface area contributed by atoms with Crippen LogP contribution < -0.4 is 18.9 Å². The maximum absolute atomic E-state index is 11.4. The van der Waals surface area contributed by atoms with Crippen molar-refractivity contribution in [3.63, 3.8) is 0 Å². The zero-order chi connectivity index (χ0) is 23.8. The van der Waals surface area contributed by atoms with Crippen molar-refractivity contribution in [2.75, 3.05) is 28.4 Å². The summed E-state index contributed by atoms with van der Waals surface area (Å²) < 4.78 is 23.9. The molecule has 0 amide bonds. The summed E-state index contributed by atoms with van der Waals surface area (Å²) in [7, 11) is 6.28. The first-order valence-corrected chi connectivity index (χ1v) is 10.4. The van der Waals surface area contributed by atoms with E-state index in [4.69, 9.17) is 18.9 Å². The van der Waals surface area contributed by atoms with Crippen LogP contribution in [0, 0.1) is 0 Å². The second-order valence-corrected chi connectivity index (χ2v) is 7.55. The van der Waals surface area contributed by atoms with Gasteiger partial charge in [-0.2, -0.15) is 0 Å². The Morgan fingerprint density at radius 3 is 2.18 bits per heavy atom. The van der Waals surface area contributed by atoms with E-state index in [0.29, 0.717) is 40.0 Å². The molecule has 3 heterocycles. The lowest BCUT2D eigenvalue weighted by atomic mass is 10.0. The maximum Gasteiger partial charge on any atom is 0.203 e. The van der Waals surface area contributed by atoms with Crippen molar-refractivity contribution in [3.8, 4) is 45.5 Å². The van der Waals surface area contributed by atoms with Crippen LogP contribution in [-0.2, 0) is 0 Å². The zero-order valence-electron chi connectivity index (χ0n) is 19.1. The molecular formula is C25H22N4O5. The summed E-state index contributed by atoms with van der Waals surface area (Å²) in [4.78, 5) is 14.5. The summed E-state index contributed by atoms with van der Waals surface area (Å²) in [6.07, 6.45) is 4.48. The fourth-order valence-electron chi connectivity index (χ4n) is 4.10. The lowest BCUT2D eigenvalue weighted by molar-refractivity contribution is 0.112. The fourth-order valence-corrected chi connectivity index (χ4v) is 4.10. The molecule has 0 atom stereocenters. The zero-order valence-corrected chi connectivity index (χ0v) is 19.1. The number of fused-ring (bicyclic) bond motifs is 2. The van der Waals surface area contributed by atoms with Crippen LogP contribution in [0.4, 0.5) is 0 Å². The van der Waals surface area contributed by atoms with Crippen LogP contribution in [-0.4, -0.2) is 54.3 Å². The monoisotopic (exact) mass is 458 g/mol. The second-order valence-electron chi connectivity index (χ2n) is 7.55. The van der Waals surface area contributed by atoms with E-state index < -0.39 is 0 Å². The van der Waals surface area contributed by atoms with Gasteiger partial charge in [-0.15, -0.1) is 10.2 Å². The Bertz CT molecular complexity index is 1510. The van der Waals surface area contributed by atoms with Crippen molar-refractivity contribution < 1.29 is 23.7 Å². The Morgan fingerprint density at radius 1 is 0.824 bits per heavy atom. The highest BCUT2D eigenvalue weighted by Crippen LogP contribution is 2.41. The molecule has 9 nitrogen and oxygen atoms in total. The number of rotatable bonds is 7. The Hall–Kier alpha value is -4.53. The van der Waals surface area contributed by atoms with E-state index in [-0.39, 0.29) is 0 Å². The molecule has 0 saturated carbocycles. The van der Waals surface area contributed by atoms with Gasteiger partial charge in [0.2, 0.25) is 11.4 Å². The van der Waals surface area contributed by atoms with E-state index in [1.165, 1.54) is 0 Å². The molecule has 0 aliphatic heterocycles. The van der Waals surface area contributed by atoms with E-state index in [2.05, 4.69) is 15.2 Å². The normalized spacial score (nSPS) is 11.1. The molecule has 34 heavy (non-hydrogen) atoms. The number of pyridine rings is 1. The molecule has 2 aromatic carbocycles. The van der Waals surface area contributed by atoms with Gasteiger partial charge in [-0.05, 0) is 35.9 Å². The summed E-state index contributed by atoms with van der Waals surface area (Å²) >= 11 is 0. The first-order valence-electron chi connectivity index (χ1n) is 10.4. The van der Waals surface area contributed by atoms with Crippen LogP contribution in [0.15, 0.2) is 48.8 Å². The smallest absolute Gasteiger partial charge is 0.203 e. The number of aromatic amines is 1. The molecule has 1 N–H and O–H groups in total. The minimum atomic E-state index is 0.492. The summed E-state index contributed by atoms with van der Waals surface area (Å²) in [6, 6.07) is 11.4. The van der Waals surface area contributed by atoms with Crippen molar-refractivity contribution in [2.24, 2.45) is 0 Å². The number of methoxy groups -OCH3 is 4. The van der Waals surface area contributed by atoms with Gasteiger partial charge in [0.05, 0.1) is 28.4 Å². The van der Waals surface area contributed by atoms with Gasteiger partial charge < -0.3 is 23.9 Å². The number of carbonyl (C=O) groups is 1. The number of carbonyl (C=O) groups excluding carboxylic acids is 1. The average molecular weight is 458 g/mol. The first kappa shape index (κ1) is 21.3. The first-order chi connectivity index (χ1) is 16.6. The minimum absolute atomic E-state index is 0.492. The van der Waals surface area contributed by atoms with Crippen LogP contribution in [0.5, 0.6) is 23.0 Å². The Morgan fingerprint density at radius 2 is 1.53 bits per heavy atom. The molecule has 0 spiro atoms. The van der Waals surface area contributed by atoms with E-state index in [0.717, 1.165) is 33.9 Å². The van der Waals surface area contributed by atoms with Crippen LogP contribution in [0.3, 0.4) is 0 Å². The summed E-state index contributed by atoms with van der Waals surface area (Å²) in [5, 5.41) is 9.61. The standard InChI is InChI=1S/C25H22N4O5/c1-31-20-8-15(9-21(32-2)23(20)34-4)24-27-28-25-22(33-3)10-16(12-29(24)25)14-5-6-19-18(7-14)17(13-30)11-26-19/h5-13,26H,1-4H3. The van der Waals surface area contributed by atoms with Gasteiger partial charge >= 0.3 is 0 Å². The molecule has 9 heteroatoms.